The highest BCUT2D eigenvalue weighted by molar-refractivity contribution is 9.10. The number of halogens is 1. The van der Waals surface area contributed by atoms with Crippen molar-refractivity contribution in [3.63, 3.8) is 0 Å². The normalized spacial score (nSPS) is 12.9. The van der Waals surface area contributed by atoms with Gasteiger partial charge in [-0.05, 0) is 26.1 Å². The fraction of sp³-hybridized carbons (Fsp3) is 0.308. The summed E-state index contributed by atoms with van der Waals surface area (Å²) >= 11 is 3.44. The van der Waals surface area contributed by atoms with Gasteiger partial charge < -0.3 is 9.88 Å². The lowest BCUT2D eigenvalue weighted by Gasteiger charge is -2.07. The summed E-state index contributed by atoms with van der Waals surface area (Å²) in [7, 11) is 3.75. The Bertz CT molecular complexity index is 574. The Balaban J connectivity index is 2.60. The molecule has 1 heterocycles. The second-order valence-corrected chi connectivity index (χ2v) is 5.11. The van der Waals surface area contributed by atoms with E-state index in [9.17, 15) is 4.79 Å². The van der Waals surface area contributed by atoms with E-state index >= 15 is 0 Å². The number of aromatic nitrogens is 1. The van der Waals surface area contributed by atoms with Gasteiger partial charge in [0.25, 0.3) is 0 Å². The van der Waals surface area contributed by atoms with Crippen molar-refractivity contribution in [2.24, 2.45) is 7.05 Å². The highest BCUT2D eigenvalue weighted by Crippen LogP contribution is 2.25. The van der Waals surface area contributed by atoms with E-state index in [1.165, 1.54) is 0 Å². The number of benzene rings is 1. The molecule has 90 valence electrons. The number of hydrogen-bond acceptors (Lipinski definition) is 2. The molecule has 3 nitrogen and oxygen atoms in total. The van der Waals surface area contributed by atoms with Crippen molar-refractivity contribution >= 4 is 32.6 Å². The van der Waals surface area contributed by atoms with Gasteiger partial charge in [0.05, 0.1) is 6.04 Å². The van der Waals surface area contributed by atoms with Crippen molar-refractivity contribution in [3.05, 3.63) is 34.4 Å². The van der Waals surface area contributed by atoms with Gasteiger partial charge in [-0.1, -0.05) is 22.0 Å². The summed E-state index contributed by atoms with van der Waals surface area (Å²) in [5, 5.41) is 3.98. The number of likely N-dealkylation sites (N-methyl/N-ethyl adjacent to an activating group) is 1. The third-order valence-corrected chi connectivity index (χ3v) is 3.54. The van der Waals surface area contributed by atoms with Crippen molar-refractivity contribution in [2.75, 3.05) is 7.05 Å². The lowest BCUT2D eigenvalue weighted by atomic mass is 10.0. The Morgan fingerprint density at radius 2 is 2.18 bits per heavy atom. The van der Waals surface area contributed by atoms with Crippen LogP contribution in [0.3, 0.4) is 0 Å². The molecule has 1 aromatic carbocycles. The first-order valence-electron chi connectivity index (χ1n) is 5.50. The molecule has 2 aromatic rings. The number of aryl methyl sites for hydroxylation is 1. The quantitative estimate of drug-likeness (QED) is 0.883. The van der Waals surface area contributed by atoms with E-state index in [0.717, 1.165) is 20.9 Å². The summed E-state index contributed by atoms with van der Waals surface area (Å²) < 4.78 is 3.00. The van der Waals surface area contributed by atoms with Crippen LogP contribution in [0.2, 0.25) is 0 Å². The molecule has 1 aromatic heterocycles. The van der Waals surface area contributed by atoms with E-state index in [1.54, 1.807) is 7.05 Å². The van der Waals surface area contributed by atoms with Crippen LogP contribution in [0, 0.1) is 0 Å². The minimum absolute atomic E-state index is 0.125. The monoisotopic (exact) mass is 294 g/mol. The Morgan fingerprint density at radius 1 is 1.47 bits per heavy atom. The average Bonchev–Trinajstić information content (AvgIpc) is 2.64. The summed E-state index contributed by atoms with van der Waals surface area (Å²) in [6, 6.07) is 5.80. The standard InChI is InChI=1S/C13H15BrN2O/c1-8(15-2)13(17)11-7-16(3)12-6-9(14)4-5-10(11)12/h4-8,15H,1-3H3. The number of nitrogens with one attached hydrogen (secondary N) is 1. The third-order valence-electron chi connectivity index (χ3n) is 3.04. The number of carbonyl (C=O) groups excluding carboxylic acids is 1. The molecule has 0 aliphatic rings. The summed E-state index contributed by atoms with van der Waals surface area (Å²) in [6.07, 6.45) is 1.90. The Morgan fingerprint density at radius 3 is 2.82 bits per heavy atom. The van der Waals surface area contributed by atoms with Crippen LogP contribution in [-0.4, -0.2) is 23.4 Å². The van der Waals surface area contributed by atoms with E-state index in [0.29, 0.717) is 0 Å². The van der Waals surface area contributed by atoms with Gasteiger partial charge in [0, 0.05) is 34.2 Å². The van der Waals surface area contributed by atoms with Crippen LogP contribution in [0.4, 0.5) is 0 Å². The maximum absolute atomic E-state index is 12.2. The Kier molecular flexibility index (Phi) is 3.35. The second-order valence-electron chi connectivity index (χ2n) is 4.19. The lowest BCUT2D eigenvalue weighted by molar-refractivity contribution is 0.0956. The van der Waals surface area contributed by atoms with Crippen molar-refractivity contribution in [1.29, 1.82) is 0 Å². The lowest BCUT2D eigenvalue weighted by Crippen LogP contribution is -2.30. The zero-order valence-electron chi connectivity index (χ0n) is 10.1. The summed E-state index contributed by atoms with van der Waals surface area (Å²) in [5.74, 6) is 0.125. The molecule has 0 amide bonds. The van der Waals surface area contributed by atoms with Gasteiger partial charge in [0.2, 0.25) is 0 Å². The minimum Gasteiger partial charge on any atom is -0.350 e. The molecular weight excluding hydrogens is 280 g/mol. The van der Waals surface area contributed by atoms with E-state index in [1.807, 2.05) is 42.9 Å². The van der Waals surface area contributed by atoms with Crippen LogP contribution >= 0.6 is 15.9 Å². The van der Waals surface area contributed by atoms with Crippen LogP contribution in [0.15, 0.2) is 28.9 Å². The predicted molar refractivity (Wildman–Crippen MR) is 73.5 cm³/mol. The van der Waals surface area contributed by atoms with E-state index in [-0.39, 0.29) is 11.8 Å². The zero-order chi connectivity index (χ0) is 12.6. The topological polar surface area (TPSA) is 34.0 Å². The summed E-state index contributed by atoms with van der Waals surface area (Å²) in [6.45, 7) is 1.88. The molecule has 0 radical (unpaired) electrons. The van der Waals surface area contributed by atoms with E-state index in [2.05, 4.69) is 21.2 Å². The van der Waals surface area contributed by atoms with E-state index in [4.69, 9.17) is 0 Å². The molecule has 0 aliphatic heterocycles. The summed E-state index contributed by atoms with van der Waals surface area (Å²) in [4.78, 5) is 12.2. The number of carbonyl (C=O) groups is 1. The molecule has 0 saturated heterocycles. The smallest absolute Gasteiger partial charge is 0.181 e. The van der Waals surface area contributed by atoms with Gasteiger partial charge in [-0.15, -0.1) is 0 Å². The van der Waals surface area contributed by atoms with Crippen LogP contribution < -0.4 is 5.32 Å². The average molecular weight is 295 g/mol. The Labute approximate surface area is 109 Å². The fourth-order valence-corrected chi connectivity index (χ4v) is 2.27. The zero-order valence-corrected chi connectivity index (χ0v) is 11.7. The number of nitrogens with zero attached hydrogens (tertiary/aromatic N) is 1. The highest BCUT2D eigenvalue weighted by atomic mass is 79.9. The largest absolute Gasteiger partial charge is 0.350 e. The number of rotatable bonds is 3. The van der Waals surface area contributed by atoms with Gasteiger partial charge in [0.15, 0.2) is 5.78 Å². The SMILES string of the molecule is CNC(C)C(=O)c1cn(C)c2cc(Br)ccc12. The van der Waals surface area contributed by atoms with Crippen molar-refractivity contribution in [1.82, 2.24) is 9.88 Å². The molecule has 0 aliphatic carbocycles. The molecule has 1 unspecified atom stereocenters. The number of Topliss-reactive ketones (excluding diaryl/α,β-unsaturated/α-hetero) is 1. The summed E-state index contributed by atoms with van der Waals surface area (Å²) in [5.41, 5.74) is 1.84. The van der Waals surface area contributed by atoms with E-state index < -0.39 is 0 Å². The van der Waals surface area contributed by atoms with Crippen molar-refractivity contribution in [2.45, 2.75) is 13.0 Å². The van der Waals surface area contributed by atoms with Crippen LogP contribution in [-0.2, 0) is 7.05 Å². The molecule has 0 saturated carbocycles. The van der Waals surface area contributed by atoms with Gasteiger partial charge in [0.1, 0.15) is 0 Å². The van der Waals surface area contributed by atoms with Crippen LogP contribution in [0.5, 0.6) is 0 Å². The maximum atomic E-state index is 12.2. The Hall–Kier alpha value is -1.13. The highest BCUT2D eigenvalue weighted by Gasteiger charge is 2.18. The predicted octanol–water partition coefficient (Wildman–Crippen LogP) is 2.73. The van der Waals surface area contributed by atoms with Gasteiger partial charge in [-0.25, -0.2) is 0 Å². The molecular formula is C13H15BrN2O. The molecule has 1 atom stereocenters. The molecule has 17 heavy (non-hydrogen) atoms. The molecule has 4 heteroatoms. The number of hydrogen-bond donors (Lipinski definition) is 1. The molecule has 2 rings (SSSR count). The van der Waals surface area contributed by atoms with Gasteiger partial charge >= 0.3 is 0 Å². The van der Waals surface area contributed by atoms with Gasteiger partial charge in [-0.2, -0.15) is 0 Å². The van der Waals surface area contributed by atoms with Crippen LogP contribution in [0.25, 0.3) is 10.9 Å². The molecule has 0 bridgehead atoms. The first-order valence-corrected chi connectivity index (χ1v) is 6.30. The first-order chi connectivity index (χ1) is 8.04. The molecule has 0 fully saturated rings. The third kappa shape index (κ3) is 2.15. The first kappa shape index (κ1) is 12.3. The molecule has 1 N–H and O–H groups in total. The number of ketones is 1. The fourth-order valence-electron chi connectivity index (χ4n) is 1.92. The second kappa shape index (κ2) is 4.63. The minimum atomic E-state index is -0.163. The maximum Gasteiger partial charge on any atom is 0.181 e. The number of fused-ring (bicyclic) bond motifs is 1. The van der Waals surface area contributed by atoms with Gasteiger partial charge in [-0.3, -0.25) is 4.79 Å². The van der Waals surface area contributed by atoms with Crippen molar-refractivity contribution < 1.29 is 4.79 Å². The van der Waals surface area contributed by atoms with Crippen molar-refractivity contribution in [3.8, 4) is 0 Å². The molecule has 0 spiro atoms. The van der Waals surface area contributed by atoms with Crippen LogP contribution in [0.1, 0.15) is 17.3 Å².